The van der Waals surface area contributed by atoms with E-state index in [-0.39, 0.29) is 0 Å². The van der Waals surface area contributed by atoms with Gasteiger partial charge in [0.15, 0.2) is 0 Å². The standard InChI is InChI=1S/C9H13N3O/c1-11-6-7-4-2-3-5-8(7)12-9(10)13/h2-5,11H,6H2,1H3,(H3,10,12,13). The second-order valence-corrected chi connectivity index (χ2v) is 2.68. The van der Waals surface area contributed by atoms with E-state index in [9.17, 15) is 4.79 Å². The highest BCUT2D eigenvalue weighted by atomic mass is 16.2. The quantitative estimate of drug-likeness (QED) is 0.645. The Hall–Kier alpha value is -1.55. The van der Waals surface area contributed by atoms with Crippen molar-refractivity contribution < 1.29 is 4.79 Å². The zero-order valence-electron chi connectivity index (χ0n) is 7.50. The average Bonchev–Trinajstić information content (AvgIpc) is 2.08. The summed E-state index contributed by atoms with van der Waals surface area (Å²) in [6.45, 7) is 0.705. The van der Waals surface area contributed by atoms with Gasteiger partial charge in [0.05, 0.1) is 0 Å². The normalized spacial score (nSPS) is 9.62. The molecule has 1 aromatic carbocycles. The van der Waals surface area contributed by atoms with Gasteiger partial charge in [-0.1, -0.05) is 18.2 Å². The maximum Gasteiger partial charge on any atom is 0.316 e. The molecule has 70 valence electrons. The third-order valence-electron chi connectivity index (χ3n) is 1.64. The van der Waals surface area contributed by atoms with Gasteiger partial charge in [0.1, 0.15) is 0 Å². The van der Waals surface area contributed by atoms with Gasteiger partial charge in [0.2, 0.25) is 0 Å². The van der Waals surface area contributed by atoms with Crippen LogP contribution in [0.4, 0.5) is 10.5 Å². The van der Waals surface area contributed by atoms with Crippen molar-refractivity contribution in [3.05, 3.63) is 29.8 Å². The SMILES string of the molecule is CNCc1ccccc1NC(N)=O. The highest BCUT2D eigenvalue weighted by Gasteiger charge is 2.01. The number of primary amides is 1. The smallest absolute Gasteiger partial charge is 0.316 e. The van der Waals surface area contributed by atoms with Gasteiger partial charge in [-0.3, -0.25) is 0 Å². The zero-order chi connectivity index (χ0) is 9.68. The summed E-state index contributed by atoms with van der Waals surface area (Å²) in [7, 11) is 1.85. The maximum absolute atomic E-state index is 10.6. The Kier molecular flexibility index (Phi) is 3.28. The van der Waals surface area contributed by atoms with Crippen LogP contribution in [0.15, 0.2) is 24.3 Å². The number of hydrogen-bond donors (Lipinski definition) is 3. The minimum absolute atomic E-state index is 0.538. The van der Waals surface area contributed by atoms with Crippen molar-refractivity contribution in [1.82, 2.24) is 5.32 Å². The monoisotopic (exact) mass is 179 g/mol. The van der Waals surface area contributed by atoms with E-state index in [2.05, 4.69) is 10.6 Å². The number of hydrogen-bond acceptors (Lipinski definition) is 2. The predicted molar refractivity (Wildman–Crippen MR) is 52.4 cm³/mol. The maximum atomic E-state index is 10.6. The molecule has 13 heavy (non-hydrogen) atoms. The van der Waals surface area contributed by atoms with Crippen LogP contribution in [0.5, 0.6) is 0 Å². The van der Waals surface area contributed by atoms with Gasteiger partial charge in [-0.25, -0.2) is 4.79 Å². The topological polar surface area (TPSA) is 67.2 Å². The van der Waals surface area contributed by atoms with Crippen LogP contribution in [0.1, 0.15) is 5.56 Å². The van der Waals surface area contributed by atoms with Gasteiger partial charge >= 0.3 is 6.03 Å². The molecule has 0 atom stereocenters. The lowest BCUT2D eigenvalue weighted by atomic mass is 10.2. The molecule has 0 unspecified atom stereocenters. The van der Waals surface area contributed by atoms with E-state index >= 15 is 0 Å². The van der Waals surface area contributed by atoms with Crippen LogP contribution in [0, 0.1) is 0 Å². The van der Waals surface area contributed by atoms with Crippen molar-refractivity contribution in [3.63, 3.8) is 0 Å². The number of carbonyl (C=O) groups is 1. The number of carbonyl (C=O) groups excluding carboxylic acids is 1. The molecule has 0 spiro atoms. The molecule has 1 aromatic rings. The Labute approximate surface area is 77.1 Å². The molecule has 0 radical (unpaired) electrons. The molecule has 4 heteroatoms. The Bertz CT molecular complexity index is 299. The van der Waals surface area contributed by atoms with E-state index in [1.165, 1.54) is 0 Å². The minimum Gasteiger partial charge on any atom is -0.351 e. The van der Waals surface area contributed by atoms with Crippen LogP contribution in [0.25, 0.3) is 0 Å². The van der Waals surface area contributed by atoms with Crippen LogP contribution in [0.2, 0.25) is 0 Å². The van der Waals surface area contributed by atoms with Gasteiger partial charge in [0.25, 0.3) is 0 Å². The van der Waals surface area contributed by atoms with Crippen LogP contribution in [-0.4, -0.2) is 13.1 Å². The summed E-state index contributed by atoms with van der Waals surface area (Å²) >= 11 is 0. The van der Waals surface area contributed by atoms with Crippen LogP contribution in [0.3, 0.4) is 0 Å². The lowest BCUT2D eigenvalue weighted by Crippen LogP contribution is -2.21. The van der Waals surface area contributed by atoms with Crippen LogP contribution in [-0.2, 0) is 6.54 Å². The molecule has 0 aliphatic carbocycles. The molecule has 0 aliphatic heterocycles. The number of anilines is 1. The van der Waals surface area contributed by atoms with Gasteiger partial charge in [-0.2, -0.15) is 0 Å². The molecule has 0 saturated carbocycles. The first-order valence-electron chi connectivity index (χ1n) is 4.03. The summed E-state index contributed by atoms with van der Waals surface area (Å²) in [5, 5.41) is 5.56. The van der Waals surface area contributed by atoms with Crippen molar-refractivity contribution in [2.24, 2.45) is 5.73 Å². The molecule has 0 bridgehead atoms. The summed E-state index contributed by atoms with van der Waals surface area (Å²) in [6.07, 6.45) is 0. The molecule has 1 rings (SSSR count). The second-order valence-electron chi connectivity index (χ2n) is 2.68. The number of benzene rings is 1. The van der Waals surface area contributed by atoms with Crippen molar-refractivity contribution in [2.45, 2.75) is 6.54 Å². The third-order valence-corrected chi connectivity index (χ3v) is 1.64. The van der Waals surface area contributed by atoms with Crippen LogP contribution < -0.4 is 16.4 Å². The van der Waals surface area contributed by atoms with E-state index in [0.29, 0.717) is 6.54 Å². The van der Waals surface area contributed by atoms with Gasteiger partial charge in [0, 0.05) is 12.2 Å². The molecular weight excluding hydrogens is 166 g/mol. The lowest BCUT2D eigenvalue weighted by molar-refractivity contribution is 0.259. The van der Waals surface area contributed by atoms with E-state index in [4.69, 9.17) is 5.73 Å². The molecule has 0 fully saturated rings. The number of nitrogens with two attached hydrogens (primary N) is 1. The summed E-state index contributed by atoms with van der Waals surface area (Å²) in [6, 6.07) is 6.98. The Balaban J connectivity index is 2.84. The van der Waals surface area contributed by atoms with E-state index < -0.39 is 6.03 Å². The fraction of sp³-hybridized carbons (Fsp3) is 0.222. The number of urea groups is 1. The number of para-hydroxylation sites is 1. The molecule has 2 amide bonds. The molecule has 4 nitrogen and oxygen atoms in total. The van der Waals surface area contributed by atoms with Crippen molar-refractivity contribution in [1.29, 1.82) is 0 Å². The minimum atomic E-state index is -0.538. The summed E-state index contributed by atoms with van der Waals surface area (Å²) in [5.74, 6) is 0. The largest absolute Gasteiger partial charge is 0.351 e. The highest BCUT2D eigenvalue weighted by Crippen LogP contribution is 2.13. The predicted octanol–water partition coefficient (Wildman–Crippen LogP) is 0.897. The molecule has 0 heterocycles. The van der Waals surface area contributed by atoms with Crippen molar-refractivity contribution in [2.75, 3.05) is 12.4 Å². The average molecular weight is 179 g/mol. The van der Waals surface area contributed by atoms with Crippen LogP contribution >= 0.6 is 0 Å². The molecule has 0 aromatic heterocycles. The Morgan fingerprint density at radius 1 is 1.46 bits per heavy atom. The molecule has 0 saturated heterocycles. The lowest BCUT2D eigenvalue weighted by Gasteiger charge is -2.08. The van der Waals surface area contributed by atoms with Gasteiger partial charge in [-0.05, 0) is 18.7 Å². The number of nitrogens with one attached hydrogen (secondary N) is 2. The second kappa shape index (κ2) is 4.47. The van der Waals surface area contributed by atoms with E-state index in [1.807, 2.05) is 31.3 Å². The zero-order valence-corrected chi connectivity index (χ0v) is 7.50. The first-order valence-corrected chi connectivity index (χ1v) is 4.03. The Morgan fingerprint density at radius 3 is 2.77 bits per heavy atom. The summed E-state index contributed by atoms with van der Waals surface area (Å²) < 4.78 is 0. The van der Waals surface area contributed by atoms with Gasteiger partial charge < -0.3 is 16.4 Å². The first kappa shape index (κ1) is 9.54. The van der Waals surface area contributed by atoms with Crippen molar-refractivity contribution in [3.8, 4) is 0 Å². The van der Waals surface area contributed by atoms with Gasteiger partial charge in [-0.15, -0.1) is 0 Å². The third kappa shape index (κ3) is 2.76. The molecular formula is C9H13N3O. The first-order chi connectivity index (χ1) is 6.24. The fourth-order valence-corrected chi connectivity index (χ4v) is 1.12. The highest BCUT2D eigenvalue weighted by molar-refractivity contribution is 5.88. The molecule has 0 aliphatic rings. The summed E-state index contributed by atoms with van der Waals surface area (Å²) in [5.41, 5.74) is 6.79. The Morgan fingerprint density at radius 2 is 2.15 bits per heavy atom. The summed E-state index contributed by atoms with van der Waals surface area (Å²) in [4.78, 5) is 10.6. The van der Waals surface area contributed by atoms with E-state index in [1.54, 1.807) is 0 Å². The number of amides is 2. The van der Waals surface area contributed by atoms with E-state index in [0.717, 1.165) is 11.3 Å². The van der Waals surface area contributed by atoms with Crippen molar-refractivity contribution >= 4 is 11.7 Å². The number of rotatable bonds is 3. The fourth-order valence-electron chi connectivity index (χ4n) is 1.12. The molecule has 4 N–H and O–H groups in total.